The molecular weight excluding hydrogens is 228 g/mol. The van der Waals surface area contributed by atoms with Crippen LogP contribution >= 0.6 is 0 Å². The van der Waals surface area contributed by atoms with Crippen molar-refractivity contribution in [3.8, 4) is 0 Å². The van der Waals surface area contributed by atoms with Gasteiger partial charge in [0, 0.05) is 12.0 Å². The van der Waals surface area contributed by atoms with E-state index in [2.05, 4.69) is 6.58 Å². The van der Waals surface area contributed by atoms with Crippen LogP contribution in [0.4, 0.5) is 0 Å². The molecule has 1 N–H and O–H groups in total. The number of rotatable bonds is 4. The molecule has 1 unspecified atom stereocenters. The first-order valence-electron chi connectivity index (χ1n) is 6.09. The highest BCUT2D eigenvalue weighted by Crippen LogP contribution is 2.38. The zero-order valence-corrected chi connectivity index (χ0v) is 10.6. The molecule has 1 heterocycles. The maximum atomic E-state index is 10.6. The Morgan fingerprint density at radius 1 is 1.44 bits per heavy atom. The number of carboxylic acids is 1. The molecule has 1 saturated heterocycles. The molecule has 18 heavy (non-hydrogen) atoms. The van der Waals surface area contributed by atoms with E-state index in [9.17, 15) is 4.79 Å². The smallest absolute Gasteiger partial charge is 0.307 e. The van der Waals surface area contributed by atoms with Crippen LogP contribution in [0.1, 0.15) is 24.5 Å². The van der Waals surface area contributed by atoms with Gasteiger partial charge in [0.25, 0.3) is 0 Å². The van der Waals surface area contributed by atoms with E-state index in [0.717, 1.165) is 24.2 Å². The Balaban J connectivity index is 2.27. The van der Waals surface area contributed by atoms with Gasteiger partial charge in [-0.25, -0.2) is 0 Å². The zero-order chi connectivity index (χ0) is 13.2. The molecule has 2 rings (SSSR count). The molecule has 1 aliphatic rings. The van der Waals surface area contributed by atoms with Crippen molar-refractivity contribution in [3.05, 3.63) is 47.5 Å². The number of aliphatic carboxylic acids is 1. The summed E-state index contributed by atoms with van der Waals surface area (Å²) in [5, 5.41) is 8.75. The summed E-state index contributed by atoms with van der Waals surface area (Å²) in [4.78, 5) is 10.6. The van der Waals surface area contributed by atoms with Gasteiger partial charge in [0.2, 0.25) is 0 Å². The van der Waals surface area contributed by atoms with E-state index in [1.54, 1.807) is 0 Å². The second-order valence-corrected chi connectivity index (χ2v) is 4.93. The number of ether oxygens (including phenoxy) is 1. The maximum absolute atomic E-state index is 10.6. The zero-order valence-electron chi connectivity index (χ0n) is 10.6. The number of hydrogen-bond donors (Lipinski definition) is 1. The van der Waals surface area contributed by atoms with E-state index in [1.807, 2.05) is 31.2 Å². The molecule has 3 nitrogen and oxygen atoms in total. The molecule has 1 aromatic rings. The number of benzene rings is 1. The molecule has 0 bridgehead atoms. The van der Waals surface area contributed by atoms with Gasteiger partial charge in [-0.15, -0.1) is 0 Å². The Morgan fingerprint density at radius 2 is 2.11 bits per heavy atom. The molecule has 96 valence electrons. The lowest BCUT2D eigenvalue weighted by Crippen LogP contribution is -2.27. The first-order chi connectivity index (χ1) is 8.54. The Labute approximate surface area is 107 Å². The molecular formula is C15H18O3. The monoisotopic (exact) mass is 246 g/mol. The largest absolute Gasteiger partial charge is 0.481 e. The lowest BCUT2D eigenvalue weighted by molar-refractivity contribution is -0.136. The molecule has 0 saturated carbocycles. The van der Waals surface area contributed by atoms with Crippen LogP contribution in [0.5, 0.6) is 0 Å². The van der Waals surface area contributed by atoms with Crippen LogP contribution in [-0.4, -0.2) is 24.3 Å². The summed E-state index contributed by atoms with van der Waals surface area (Å²) in [6.45, 7) is 7.53. The highest BCUT2D eigenvalue weighted by atomic mass is 16.5. The summed E-state index contributed by atoms with van der Waals surface area (Å²) < 4.78 is 5.52. The van der Waals surface area contributed by atoms with Gasteiger partial charge >= 0.3 is 5.97 Å². The van der Waals surface area contributed by atoms with Crippen LogP contribution in [0.2, 0.25) is 0 Å². The predicted molar refractivity (Wildman–Crippen MR) is 69.7 cm³/mol. The molecule has 0 spiro atoms. The van der Waals surface area contributed by atoms with E-state index in [4.69, 9.17) is 9.84 Å². The summed E-state index contributed by atoms with van der Waals surface area (Å²) in [5.41, 5.74) is 3.00. The Bertz CT molecular complexity index is 453. The fourth-order valence-corrected chi connectivity index (χ4v) is 2.49. The summed E-state index contributed by atoms with van der Waals surface area (Å²) in [5.74, 6) is -0.804. The minimum atomic E-state index is -0.804. The summed E-state index contributed by atoms with van der Waals surface area (Å²) in [7, 11) is 0. The van der Waals surface area contributed by atoms with Gasteiger partial charge in [0.05, 0.1) is 13.0 Å². The van der Waals surface area contributed by atoms with Gasteiger partial charge in [-0.05, 0) is 24.5 Å². The number of carbonyl (C=O) groups is 1. The molecule has 0 amide bonds. The van der Waals surface area contributed by atoms with E-state index in [0.29, 0.717) is 6.61 Å². The van der Waals surface area contributed by atoms with E-state index >= 15 is 0 Å². The average molecular weight is 246 g/mol. The Morgan fingerprint density at radius 3 is 2.56 bits per heavy atom. The lowest BCUT2D eigenvalue weighted by Gasteiger charge is -2.28. The molecule has 1 aromatic carbocycles. The first-order valence-corrected chi connectivity index (χ1v) is 6.09. The normalized spacial score (nSPS) is 22.9. The third-order valence-electron chi connectivity index (χ3n) is 3.70. The van der Waals surface area contributed by atoms with Gasteiger partial charge in [0.1, 0.15) is 0 Å². The van der Waals surface area contributed by atoms with Gasteiger partial charge < -0.3 is 9.84 Å². The predicted octanol–water partition coefficient (Wildman–Crippen LogP) is 2.55. The van der Waals surface area contributed by atoms with Crippen molar-refractivity contribution in [3.63, 3.8) is 0 Å². The average Bonchev–Trinajstić information content (AvgIpc) is 2.79. The second-order valence-electron chi connectivity index (χ2n) is 4.93. The molecule has 0 aliphatic carbocycles. The van der Waals surface area contributed by atoms with Crippen molar-refractivity contribution >= 4 is 5.97 Å². The topological polar surface area (TPSA) is 46.5 Å². The van der Waals surface area contributed by atoms with Gasteiger partial charge in [-0.3, -0.25) is 4.79 Å². The molecule has 1 fully saturated rings. The van der Waals surface area contributed by atoms with Crippen LogP contribution in [0, 0.1) is 0 Å². The molecule has 0 aromatic heterocycles. The molecule has 1 aliphatic heterocycles. The summed E-state index contributed by atoms with van der Waals surface area (Å²) in [6, 6.07) is 7.77. The van der Waals surface area contributed by atoms with Crippen molar-refractivity contribution < 1.29 is 14.6 Å². The fraction of sp³-hybridized carbons (Fsp3) is 0.400. The van der Waals surface area contributed by atoms with Crippen molar-refractivity contribution in [2.75, 3.05) is 13.2 Å². The summed E-state index contributed by atoms with van der Waals surface area (Å²) in [6.07, 6.45) is 1.01. The standard InChI is InChI=1S/C15H18O3/c1-11(2)15(7-8-18-10-15)13-5-3-12(4-6-13)9-14(16)17/h3-6H,1,7-10H2,2H3,(H,16,17). The fourth-order valence-electron chi connectivity index (χ4n) is 2.49. The molecule has 0 radical (unpaired) electrons. The summed E-state index contributed by atoms with van der Waals surface area (Å²) >= 11 is 0. The number of carboxylic acid groups (broad SMARTS) is 1. The van der Waals surface area contributed by atoms with Crippen LogP contribution in [0.15, 0.2) is 36.4 Å². The minimum absolute atomic E-state index is 0.0663. The van der Waals surface area contributed by atoms with Crippen molar-refractivity contribution in [1.82, 2.24) is 0 Å². The van der Waals surface area contributed by atoms with Crippen LogP contribution in [-0.2, 0) is 21.4 Å². The molecule has 3 heteroatoms. The minimum Gasteiger partial charge on any atom is -0.481 e. The van der Waals surface area contributed by atoms with Gasteiger partial charge in [-0.1, -0.05) is 36.4 Å². The van der Waals surface area contributed by atoms with Crippen molar-refractivity contribution in [1.29, 1.82) is 0 Å². The van der Waals surface area contributed by atoms with Crippen LogP contribution in [0.25, 0.3) is 0 Å². The lowest BCUT2D eigenvalue weighted by atomic mass is 9.74. The molecule has 1 atom stereocenters. The Hall–Kier alpha value is -1.61. The Kier molecular flexibility index (Phi) is 3.53. The highest BCUT2D eigenvalue weighted by Gasteiger charge is 2.37. The maximum Gasteiger partial charge on any atom is 0.307 e. The first kappa shape index (κ1) is 12.8. The van der Waals surface area contributed by atoms with Crippen molar-refractivity contribution in [2.24, 2.45) is 0 Å². The van der Waals surface area contributed by atoms with E-state index < -0.39 is 5.97 Å². The van der Waals surface area contributed by atoms with Gasteiger partial charge in [0.15, 0.2) is 0 Å². The SMILES string of the molecule is C=C(C)C1(c2ccc(CC(=O)O)cc2)CCOC1. The third kappa shape index (κ3) is 2.31. The highest BCUT2D eigenvalue weighted by molar-refractivity contribution is 5.70. The third-order valence-corrected chi connectivity index (χ3v) is 3.70. The van der Waals surface area contributed by atoms with E-state index in [-0.39, 0.29) is 11.8 Å². The van der Waals surface area contributed by atoms with Crippen LogP contribution in [0.3, 0.4) is 0 Å². The van der Waals surface area contributed by atoms with Gasteiger partial charge in [-0.2, -0.15) is 0 Å². The van der Waals surface area contributed by atoms with Crippen molar-refractivity contribution in [2.45, 2.75) is 25.2 Å². The quantitative estimate of drug-likeness (QED) is 0.830. The second kappa shape index (κ2) is 4.94. The van der Waals surface area contributed by atoms with E-state index in [1.165, 1.54) is 5.56 Å². The van der Waals surface area contributed by atoms with Crippen LogP contribution < -0.4 is 0 Å². The number of hydrogen-bond acceptors (Lipinski definition) is 2.